The third kappa shape index (κ3) is 5.99. The van der Waals surface area contributed by atoms with Crippen LogP contribution in [0.1, 0.15) is 39.9 Å². The van der Waals surface area contributed by atoms with Crippen LogP contribution in [0.2, 0.25) is 0 Å². The van der Waals surface area contributed by atoms with Gasteiger partial charge in [-0.15, -0.1) is 0 Å². The number of hydrogen-bond acceptors (Lipinski definition) is 6. The molecule has 0 radical (unpaired) electrons. The van der Waals surface area contributed by atoms with Crippen molar-refractivity contribution in [1.29, 1.82) is 0 Å². The van der Waals surface area contributed by atoms with E-state index in [9.17, 15) is 9.90 Å². The molecule has 202 valence electrons. The van der Waals surface area contributed by atoms with Crippen molar-refractivity contribution in [2.24, 2.45) is 0 Å². The first-order valence-corrected chi connectivity index (χ1v) is 13.3. The van der Waals surface area contributed by atoms with Crippen LogP contribution >= 0.6 is 0 Å². The molecular formula is C32H35N3O4. The Hall–Kier alpha value is -4.10. The molecule has 1 aliphatic rings. The molecule has 5 rings (SSSR count). The number of pyridine rings is 1. The second kappa shape index (κ2) is 11.7. The Kier molecular flexibility index (Phi) is 7.98. The van der Waals surface area contributed by atoms with Crippen molar-refractivity contribution in [2.75, 3.05) is 32.2 Å². The van der Waals surface area contributed by atoms with Gasteiger partial charge in [0.15, 0.2) is 0 Å². The van der Waals surface area contributed by atoms with E-state index in [1.54, 1.807) is 38.5 Å². The lowest BCUT2D eigenvalue weighted by Gasteiger charge is -2.34. The van der Waals surface area contributed by atoms with E-state index in [2.05, 4.69) is 30.0 Å². The van der Waals surface area contributed by atoms with Gasteiger partial charge in [-0.25, -0.2) is 4.98 Å². The van der Waals surface area contributed by atoms with Gasteiger partial charge in [0.25, 0.3) is 5.91 Å². The average molecular weight is 526 g/mol. The van der Waals surface area contributed by atoms with E-state index in [-0.39, 0.29) is 5.91 Å². The topological polar surface area (TPSA) is 75.1 Å². The molecule has 2 heterocycles. The van der Waals surface area contributed by atoms with Crippen molar-refractivity contribution in [3.05, 3.63) is 95.1 Å². The summed E-state index contributed by atoms with van der Waals surface area (Å²) in [5.41, 5.74) is 4.58. The first-order chi connectivity index (χ1) is 18.9. The molecule has 1 saturated heterocycles. The van der Waals surface area contributed by atoms with E-state index < -0.39 is 6.10 Å². The van der Waals surface area contributed by atoms with Gasteiger partial charge in [-0.05, 0) is 73.4 Å². The number of β-amino-alcohol motifs (C(OH)–C–C–N with tert-alkyl or cyclic N) is 1. The number of aromatic nitrogens is 1. The first kappa shape index (κ1) is 26.5. The third-order valence-electron chi connectivity index (χ3n) is 7.32. The van der Waals surface area contributed by atoms with Crippen LogP contribution in [-0.2, 0) is 13.1 Å². The van der Waals surface area contributed by atoms with Crippen molar-refractivity contribution in [1.82, 2.24) is 9.88 Å². The van der Waals surface area contributed by atoms with E-state index in [0.29, 0.717) is 30.9 Å². The van der Waals surface area contributed by atoms with Gasteiger partial charge in [-0.3, -0.25) is 4.79 Å². The quantitative estimate of drug-likeness (QED) is 0.334. The molecule has 7 nitrogen and oxygen atoms in total. The summed E-state index contributed by atoms with van der Waals surface area (Å²) in [5, 5.41) is 11.5. The molecule has 1 aromatic heterocycles. The molecule has 1 fully saturated rings. The number of benzene rings is 3. The number of amides is 1. The molecule has 0 unspecified atom stereocenters. The highest BCUT2D eigenvalue weighted by atomic mass is 16.5. The van der Waals surface area contributed by atoms with Gasteiger partial charge in [-0.2, -0.15) is 0 Å². The second-order valence-corrected chi connectivity index (χ2v) is 10.1. The summed E-state index contributed by atoms with van der Waals surface area (Å²) in [7, 11) is 3.25. The number of rotatable bonds is 8. The lowest BCUT2D eigenvalue weighted by Crippen LogP contribution is -2.40. The molecule has 7 heteroatoms. The SMILES string of the molecule is COc1ccc(CN(Cc2cc3cccc(C)c3nc2N2CCC[C@@H](O)C2)C(=O)c2ccc(OC)cc2)cc1. The molecule has 0 bridgehead atoms. The summed E-state index contributed by atoms with van der Waals surface area (Å²) in [4.78, 5) is 23.1. The summed E-state index contributed by atoms with van der Waals surface area (Å²) in [6.45, 7) is 4.20. The van der Waals surface area contributed by atoms with Crippen molar-refractivity contribution >= 4 is 22.6 Å². The number of piperidine rings is 1. The minimum atomic E-state index is -0.391. The van der Waals surface area contributed by atoms with Gasteiger partial charge in [0.05, 0.1) is 25.8 Å². The number of fused-ring (bicyclic) bond motifs is 1. The number of aliphatic hydroxyl groups excluding tert-OH is 1. The third-order valence-corrected chi connectivity index (χ3v) is 7.32. The highest BCUT2D eigenvalue weighted by molar-refractivity contribution is 5.94. The fourth-order valence-electron chi connectivity index (χ4n) is 5.19. The molecule has 3 aromatic carbocycles. The van der Waals surface area contributed by atoms with Crippen molar-refractivity contribution < 1.29 is 19.4 Å². The Morgan fingerprint density at radius 2 is 1.69 bits per heavy atom. The maximum Gasteiger partial charge on any atom is 0.254 e. The zero-order valence-electron chi connectivity index (χ0n) is 22.8. The number of methoxy groups -OCH3 is 2. The first-order valence-electron chi connectivity index (χ1n) is 13.3. The summed E-state index contributed by atoms with van der Waals surface area (Å²) in [6, 6.07) is 23.3. The molecule has 0 saturated carbocycles. The Morgan fingerprint density at radius 1 is 1.00 bits per heavy atom. The molecule has 1 atom stereocenters. The van der Waals surface area contributed by atoms with E-state index in [4.69, 9.17) is 14.5 Å². The van der Waals surface area contributed by atoms with Crippen molar-refractivity contribution in [2.45, 2.75) is 39.0 Å². The van der Waals surface area contributed by atoms with Crippen LogP contribution < -0.4 is 14.4 Å². The lowest BCUT2D eigenvalue weighted by molar-refractivity contribution is 0.0730. The van der Waals surface area contributed by atoms with Crippen molar-refractivity contribution in [3.8, 4) is 11.5 Å². The molecule has 1 N–H and O–H groups in total. The summed E-state index contributed by atoms with van der Waals surface area (Å²) in [5.74, 6) is 2.22. The predicted octanol–water partition coefficient (Wildman–Crippen LogP) is 5.36. The minimum Gasteiger partial charge on any atom is -0.497 e. The van der Waals surface area contributed by atoms with Crippen LogP contribution in [0.15, 0.2) is 72.8 Å². The fourth-order valence-corrected chi connectivity index (χ4v) is 5.19. The standard InChI is InChI=1S/C32H35N3O4/c1-22-6-4-7-25-18-26(31(33-30(22)25)34-17-5-8-27(36)21-34)20-35(19-23-9-13-28(38-2)14-10-23)32(37)24-11-15-29(39-3)16-12-24/h4,6-7,9-16,18,27,36H,5,8,17,19-21H2,1-3H3/t27-/m1/s1. The zero-order chi connectivity index (χ0) is 27.4. The van der Waals surface area contributed by atoms with Crippen LogP contribution in [0.5, 0.6) is 11.5 Å². The average Bonchev–Trinajstić information content (AvgIpc) is 2.97. The van der Waals surface area contributed by atoms with E-state index >= 15 is 0 Å². The van der Waals surface area contributed by atoms with Crippen LogP contribution in [0, 0.1) is 6.92 Å². The van der Waals surface area contributed by atoms with Crippen molar-refractivity contribution in [3.63, 3.8) is 0 Å². The molecule has 4 aromatic rings. The molecule has 1 aliphatic heterocycles. The minimum absolute atomic E-state index is 0.0811. The van der Waals surface area contributed by atoms with E-state index in [0.717, 1.165) is 58.5 Å². The van der Waals surface area contributed by atoms with E-state index in [1.165, 1.54) is 0 Å². The number of ether oxygens (including phenoxy) is 2. The van der Waals surface area contributed by atoms with Crippen LogP contribution in [0.25, 0.3) is 10.9 Å². The highest BCUT2D eigenvalue weighted by Crippen LogP contribution is 2.30. The molecule has 1 amide bonds. The second-order valence-electron chi connectivity index (χ2n) is 10.1. The van der Waals surface area contributed by atoms with Gasteiger partial charge in [0.1, 0.15) is 17.3 Å². The summed E-state index contributed by atoms with van der Waals surface area (Å²) < 4.78 is 10.6. The maximum absolute atomic E-state index is 13.9. The molecule has 0 aliphatic carbocycles. The lowest BCUT2D eigenvalue weighted by atomic mass is 10.0. The normalized spacial score (nSPS) is 15.3. The van der Waals surface area contributed by atoms with Crippen LogP contribution in [-0.4, -0.2) is 54.3 Å². The van der Waals surface area contributed by atoms with Gasteiger partial charge < -0.3 is 24.4 Å². The zero-order valence-corrected chi connectivity index (χ0v) is 22.8. The monoisotopic (exact) mass is 525 g/mol. The smallest absolute Gasteiger partial charge is 0.254 e. The predicted molar refractivity (Wildman–Crippen MR) is 153 cm³/mol. The number of carbonyl (C=O) groups is 1. The Morgan fingerprint density at radius 3 is 2.36 bits per heavy atom. The number of para-hydroxylation sites is 1. The molecule has 0 spiro atoms. The molecule has 39 heavy (non-hydrogen) atoms. The van der Waals surface area contributed by atoms with Gasteiger partial charge in [0.2, 0.25) is 0 Å². The largest absolute Gasteiger partial charge is 0.497 e. The number of anilines is 1. The summed E-state index contributed by atoms with van der Waals surface area (Å²) >= 11 is 0. The Bertz CT molecular complexity index is 1440. The maximum atomic E-state index is 13.9. The molecular weight excluding hydrogens is 490 g/mol. The fraction of sp³-hybridized carbons (Fsp3) is 0.312. The number of nitrogens with zero attached hydrogens (tertiary/aromatic N) is 3. The number of hydrogen-bond donors (Lipinski definition) is 1. The van der Waals surface area contributed by atoms with Crippen LogP contribution in [0.3, 0.4) is 0 Å². The van der Waals surface area contributed by atoms with Crippen LogP contribution in [0.4, 0.5) is 5.82 Å². The number of aryl methyl sites for hydroxylation is 1. The van der Waals surface area contributed by atoms with Gasteiger partial charge in [-0.1, -0.05) is 30.3 Å². The number of aliphatic hydroxyl groups is 1. The van der Waals surface area contributed by atoms with E-state index in [1.807, 2.05) is 35.2 Å². The Labute approximate surface area is 229 Å². The highest BCUT2D eigenvalue weighted by Gasteiger charge is 2.25. The summed E-state index contributed by atoms with van der Waals surface area (Å²) in [6.07, 6.45) is 1.30. The van der Waals surface area contributed by atoms with Gasteiger partial charge >= 0.3 is 0 Å². The van der Waals surface area contributed by atoms with Gasteiger partial charge in [0, 0.05) is 42.7 Å². The number of carbonyl (C=O) groups excluding carboxylic acids is 1. The Balaban J connectivity index is 1.55.